The molecule has 0 saturated heterocycles. The normalized spacial score (nSPS) is 11.4. The van der Waals surface area contributed by atoms with Gasteiger partial charge in [-0.15, -0.1) is 0 Å². The third-order valence-electron chi connectivity index (χ3n) is 6.11. The average molecular weight is 463 g/mol. The van der Waals surface area contributed by atoms with Crippen molar-refractivity contribution < 1.29 is 4.74 Å². The zero-order valence-corrected chi connectivity index (χ0v) is 21.2. The van der Waals surface area contributed by atoms with Crippen molar-refractivity contribution in [3.8, 4) is 11.5 Å². The third kappa shape index (κ3) is 5.81. The zero-order valence-electron chi connectivity index (χ0n) is 21.2. The van der Waals surface area contributed by atoms with Crippen LogP contribution in [0.3, 0.4) is 0 Å². The van der Waals surface area contributed by atoms with Gasteiger partial charge in [0, 0.05) is 17.5 Å². The van der Waals surface area contributed by atoms with E-state index in [-0.39, 0.29) is 0 Å². The predicted octanol–water partition coefficient (Wildman–Crippen LogP) is 9.53. The lowest BCUT2D eigenvalue weighted by atomic mass is 9.93. The molecular formula is C32H34N2O. The van der Waals surface area contributed by atoms with E-state index in [1.54, 1.807) is 0 Å². The van der Waals surface area contributed by atoms with Crippen LogP contribution in [-0.2, 0) is 0 Å². The first-order chi connectivity index (χ1) is 16.9. The number of aliphatic imine (C=N–C) groups is 1. The van der Waals surface area contributed by atoms with Gasteiger partial charge in [0.15, 0.2) is 5.75 Å². The van der Waals surface area contributed by atoms with Gasteiger partial charge in [-0.2, -0.15) is 0 Å². The van der Waals surface area contributed by atoms with Gasteiger partial charge in [0.25, 0.3) is 0 Å². The van der Waals surface area contributed by atoms with Gasteiger partial charge < -0.3 is 10.1 Å². The summed E-state index contributed by atoms with van der Waals surface area (Å²) < 4.78 is 6.27. The molecule has 0 amide bonds. The molecule has 178 valence electrons. The van der Waals surface area contributed by atoms with Crippen LogP contribution in [0, 0.1) is 6.92 Å². The molecule has 0 spiro atoms. The number of rotatable bonds is 8. The lowest BCUT2D eigenvalue weighted by molar-refractivity contribution is 0.481. The summed E-state index contributed by atoms with van der Waals surface area (Å²) in [5, 5.41) is 3.58. The van der Waals surface area contributed by atoms with Crippen molar-refractivity contribution >= 4 is 23.3 Å². The smallest absolute Gasteiger partial charge is 0.150 e. The van der Waals surface area contributed by atoms with E-state index in [9.17, 15) is 0 Å². The zero-order chi connectivity index (χ0) is 24.8. The average Bonchev–Trinajstić information content (AvgIpc) is 2.85. The molecule has 0 bridgehead atoms. The van der Waals surface area contributed by atoms with Gasteiger partial charge in [-0.1, -0.05) is 94.4 Å². The standard InChI is InChI=1S/C32H34N2O/c1-22(2)26-15-12-16-27(23(3)4)32(26)33-21-25-14-7-8-17-28(25)34-29-18-9-11-20-31(29)35-30-19-10-6-13-24(30)5/h6-23,34H,1-5H3. The number of aryl methyl sites for hydroxylation is 1. The summed E-state index contributed by atoms with van der Waals surface area (Å²) in [5.41, 5.74) is 7.62. The van der Waals surface area contributed by atoms with Crippen molar-refractivity contribution in [2.75, 3.05) is 5.32 Å². The molecule has 0 unspecified atom stereocenters. The van der Waals surface area contributed by atoms with Gasteiger partial charge in [0.1, 0.15) is 5.75 Å². The van der Waals surface area contributed by atoms with Gasteiger partial charge >= 0.3 is 0 Å². The van der Waals surface area contributed by atoms with Crippen molar-refractivity contribution in [2.24, 2.45) is 4.99 Å². The van der Waals surface area contributed by atoms with Crippen LogP contribution in [0.4, 0.5) is 17.1 Å². The summed E-state index contributed by atoms with van der Waals surface area (Å²) in [4.78, 5) is 5.03. The predicted molar refractivity (Wildman–Crippen MR) is 149 cm³/mol. The minimum atomic E-state index is 0.402. The molecule has 0 heterocycles. The molecule has 4 aromatic carbocycles. The van der Waals surface area contributed by atoms with Crippen LogP contribution < -0.4 is 10.1 Å². The minimum Gasteiger partial charge on any atom is -0.455 e. The van der Waals surface area contributed by atoms with Gasteiger partial charge in [-0.25, -0.2) is 0 Å². The number of para-hydroxylation sites is 5. The maximum atomic E-state index is 6.27. The summed E-state index contributed by atoms with van der Waals surface area (Å²) in [6.45, 7) is 10.9. The molecule has 0 atom stereocenters. The summed E-state index contributed by atoms with van der Waals surface area (Å²) in [6.07, 6.45) is 1.97. The second kappa shape index (κ2) is 11.1. The van der Waals surface area contributed by atoms with E-state index < -0.39 is 0 Å². The van der Waals surface area contributed by atoms with Crippen molar-refractivity contribution in [3.63, 3.8) is 0 Å². The van der Waals surface area contributed by atoms with Crippen LogP contribution in [0.5, 0.6) is 11.5 Å². The fourth-order valence-electron chi connectivity index (χ4n) is 4.11. The Morgan fingerprint density at radius 2 is 1.23 bits per heavy atom. The minimum absolute atomic E-state index is 0.402. The lowest BCUT2D eigenvalue weighted by Gasteiger charge is -2.17. The molecule has 0 saturated carbocycles. The van der Waals surface area contributed by atoms with E-state index in [1.165, 1.54) is 11.1 Å². The lowest BCUT2D eigenvalue weighted by Crippen LogP contribution is -1.99. The largest absolute Gasteiger partial charge is 0.455 e. The maximum Gasteiger partial charge on any atom is 0.150 e. The van der Waals surface area contributed by atoms with E-state index in [1.807, 2.05) is 60.8 Å². The molecule has 35 heavy (non-hydrogen) atoms. The highest BCUT2D eigenvalue weighted by Crippen LogP contribution is 2.36. The molecule has 1 N–H and O–H groups in total. The number of ether oxygens (including phenoxy) is 1. The van der Waals surface area contributed by atoms with Gasteiger partial charge in [0.2, 0.25) is 0 Å². The Morgan fingerprint density at radius 3 is 1.89 bits per heavy atom. The van der Waals surface area contributed by atoms with Crippen LogP contribution in [0.25, 0.3) is 0 Å². The van der Waals surface area contributed by atoms with Gasteiger partial charge in [-0.3, -0.25) is 4.99 Å². The van der Waals surface area contributed by atoms with E-state index in [0.29, 0.717) is 11.8 Å². The molecule has 0 aliphatic heterocycles. The molecule has 0 radical (unpaired) electrons. The monoisotopic (exact) mass is 462 g/mol. The highest BCUT2D eigenvalue weighted by molar-refractivity contribution is 5.91. The van der Waals surface area contributed by atoms with E-state index in [0.717, 1.165) is 39.7 Å². The topological polar surface area (TPSA) is 33.6 Å². The van der Waals surface area contributed by atoms with Crippen LogP contribution in [0.15, 0.2) is 96.0 Å². The molecule has 4 rings (SSSR count). The highest BCUT2D eigenvalue weighted by atomic mass is 16.5. The fraction of sp³-hybridized carbons (Fsp3) is 0.219. The first-order valence-electron chi connectivity index (χ1n) is 12.3. The molecule has 3 nitrogen and oxygen atoms in total. The second-order valence-corrected chi connectivity index (χ2v) is 9.43. The SMILES string of the molecule is Cc1ccccc1Oc1ccccc1Nc1ccccc1C=Nc1c(C(C)C)cccc1C(C)C. The van der Waals surface area contributed by atoms with Gasteiger partial charge in [-0.05, 0) is 59.7 Å². The molecular weight excluding hydrogens is 428 g/mol. The highest BCUT2D eigenvalue weighted by Gasteiger charge is 2.13. The summed E-state index contributed by atoms with van der Waals surface area (Å²) >= 11 is 0. The van der Waals surface area contributed by atoms with Crippen LogP contribution >= 0.6 is 0 Å². The Hall–Kier alpha value is -3.85. The summed E-state index contributed by atoms with van der Waals surface area (Å²) in [7, 11) is 0. The van der Waals surface area contributed by atoms with Crippen molar-refractivity contribution in [2.45, 2.75) is 46.5 Å². The Bertz CT molecular complexity index is 1290. The Morgan fingerprint density at radius 1 is 0.657 bits per heavy atom. The number of hydrogen-bond acceptors (Lipinski definition) is 3. The second-order valence-electron chi connectivity index (χ2n) is 9.43. The van der Waals surface area contributed by atoms with Crippen LogP contribution in [-0.4, -0.2) is 6.21 Å². The fourth-order valence-corrected chi connectivity index (χ4v) is 4.11. The van der Waals surface area contributed by atoms with Crippen LogP contribution in [0.2, 0.25) is 0 Å². The van der Waals surface area contributed by atoms with Crippen molar-refractivity contribution in [3.05, 3.63) is 113 Å². The number of benzene rings is 4. The van der Waals surface area contributed by atoms with Crippen molar-refractivity contribution in [1.82, 2.24) is 0 Å². The number of nitrogens with one attached hydrogen (secondary N) is 1. The first-order valence-corrected chi connectivity index (χ1v) is 12.3. The van der Waals surface area contributed by atoms with Crippen LogP contribution in [0.1, 0.15) is 61.8 Å². The molecule has 0 aromatic heterocycles. The van der Waals surface area contributed by atoms with Gasteiger partial charge in [0.05, 0.1) is 11.4 Å². The summed E-state index contributed by atoms with van der Waals surface area (Å²) in [5.74, 6) is 2.43. The molecule has 4 aromatic rings. The molecule has 0 fully saturated rings. The van der Waals surface area contributed by atoms with Crippen molar-refractivity contribution in [1.29, 1.82) is 0 Å². The molecule has 3 heteroatoms. The Kier molecular flexibility index (Phi) is 7.67. The summed E-state index contributed by atoms with van der Waals surface area (Å²) in [6, 6.07) is 30.8. The number of anilines is 2. The van der Waals surface area contributed by atoms with E-state index >= 15 is 0 Å². The first kappa shape index (κ1) is 24.3. The molecule has 0 aliphatic rings. The van der Waals surface area contributed by atoms with E-state index in [2.05, 4.69) is 76.3 Å². The maximum absolute atomic E-state index is 6.27. The Labute approximate surface area is 209 Å². The quantitative estimate of drug-likeness (QED) is 0.264. The number of nitrogens with zero attached hydrogens (tertiary/aromatic N) is 1. The third-order valence-corrected chi connectivity index (χ3v) is 6.11. The Balaban J connectivity index is 1.67. The molecule has 0 aliphatic carbocycles. The van der Waals surface area contributed by atoms with E-state index in [4.69, 9.17) is 9.73 Å². The number of hydrogen-bond donors (Lipinski definition) is 1.